The topological polar surface area (TPSA) is 27.7 Å². The largest absolute Gasteiger partial charge is 0.430 e. The fourth-order valence-electron chi connectivity index (χ4n) is 1.86. The van der Waals surface area contributed by atoms with Crippen molar-refractivity contribution in [3.05, 3.63) is 0 Å². The Balaban J connectivity index is 3.91. The average molecular weight is 408 g/mol. The van der Waals surface area contributed by atoms with Gasteiger partial charge in [-0.2, -0.15) is 52.7 Å². The van der Waals surface area contributed by atoms with E-state index in [0.29, 0.717) is 0 Å². The molecule has 1 saturated heterocycles. The van der Waals surface area contributed by atoms with Gasteiger partial charge in [-0.1, -0.05) is 0 Å². The van der Waals surface area contributed by atoms with Gasteiger partial charge in [0, 0.05) is 0 Å². The van der Waals surface area contributed by atoms with Gasteiger partial charge in [-0.3, -0.25) is 9.05 Å². The van der Waals surface area contributed by atoms with Crippen molar-refractivity contribution in [2.75, 3.05) is 6.61 Å². The van der Waals surface area contributed by atoms with Crippen molar-refractivity contribution >= 4 is 8.60 Å². The van der Waals surface area contributed by atoms with Crippen LogP contribution in [0, 0.1) is 0 Å². The molecule has 0 aliphatic carbocycles. The summed E-state index contributed by atoms with van der Waals surface area (Å²) < 4.78 is 165. The molecule has 1 rings (SSSR count). The molecule has 1 fully saturated rings. The van der Waals surface area contributed by atoms with E-state index >= 15 is 0 Å². The molecule has 0 spiro atoms. The summed E-state index contributed by atoms with van der Waals surface area (Å²) in [6.45, 7) is 0.00236. The van der Waals surface area contributed by atoms with Gasteiger partial charge in [-0.05, 0) is 6.92 Å². The van der Waals surface area contributed by atoms with E-state index in [-0.39, 0.29) is 0 Å². The highest BCUT2D eigenvalue weighted by atomic mass is 31.2. The van der Waals surface area contributed by atoms with E-state index in [1.807, 2.05) is 0 Å². The number of alkyl halides is 12. The first-order chi connectivity index (χ1) is 10.4. The molecule has 0 radical (unpaired) electrons. The molecule has 1 aliphatic heterocycles. The van der Waals surface area contributed by atoms with Crippen LogP contribution in [0.1, 0.15) is 6.92 Å². The van der Waals surface area contributed by atoms with E-state index < -0.39 is 51.1 Å². The van der Waals surface area contributed by atoms with Crippen LogP contribution in [0.2, 0.25) is 0 Å². The van der Waals surface area contributed by atoms with E-state index in [1.54, 1.807) is 0 Å². The van der Waals surface area contributed by atoms with Crippen LogP contribution in [0.3, 0.4) is 0 Å². The maximum absolute atomic E-state index is 12.9. The molecule has 0 unspecified atom stereocenters. The van der Waals surface area contributed by atoms with Crippen molar-refractivity contribution in [1.29, 1.82) is 0 Å². The van der Waals surface area contributed by atoms with Crippen LogP contribution in [-0.2, 0) is 13.6 Å². The Labute approximate surface area is 125 Å². The lowest BCUT2D eigenvalue weighted by molar-refractivity contribution is -0.464. The molecule has 0 bridgehead atoms. The fraction of sp³-hybridized carbons (Fsp3) is 1.00. The zero-order valence-electron chi connectivity index (χ0n) is 10.9. The molecule has 3 nitrogen and oxygen atoms in total. The molecule has 144 valence electrons. The first-order valence-corrected chi connectivity index (χ1v) is 6.56. The second kappa shape index (κ2) is 5.74. The highest BCUT2D eigenvalue weighted by Crippen LogP contribution is 2.74. The van der Waals surface area contributed by atoms with Crippen molar-refractivity contribution in [2.45, 2.75) is 42.8 Å². The van der Waals surface area contributed by atoms with Crippen molar-refractivity contribution in [3.63, 3.8) is 0 Å². The Morgan fingerprint density at radius 2 is 0.917 bits per heavy atom. The summed E-state index contributed by atoms with van der Waals surface area (Å²) >= 11 is 0. The maximum atomic E-state index is 12.9. The van der Waals surface area contributed by atoms with Gasteiger partial charge in [0.05, 0.1) is 6.61 Å². The van der Waals surface area contributed by atoms with Crippen LogP contribution in [0.25, 0.3) is 0 Å². The van der Waals surface area contributed by atoms with Crippen molar-refractivity contribution in [2.24, 2.45) is 0 Å². The number of hydrogen-bond donors (Lipinski definition) is 0. The fourth-order valence-corrected chi connectivity index (χ4v) is 3.33. The summed E-state index contributed by atoms with van der Waals surface area (Å²) in [5, 5.41) is 0. The molecule has 24 heavy (non-hydrogen) atoms. The predicted molar refractivity (Wildman–Crippen MR) is 50.4 cm³/mol. The molecule has 16 heteroatoms. The molecule has 0 aromatic heterocycles. The lowest BCUT2D eigenvalue weighted by atomic mass is 9.79. The van der Waals surface area contributed by atoms with E-state index in [0.717, 1.165) is 6.92 Å². The standard InChI is InChI=1S/C8H5F12O3P/c1-2-21-24-22-3(5(9,10)11,6(12,13)14)4(23-24,7(15,16)17)8(18,19)20/h2H2,1H3. The molecule has 0 amide bonds. The minimum Gasteiger partial charge on any atom is -0.313 e. The van der Waals surface area contributed by atoms with E-state index in [9.17, 15) is 52.7 Å². The molecule has 0 aromatic carbocycles. The lowest BCUT2D eigenvalue weighted by Crippen LogP contribution is -2.79. The highest BCUT2D eigenvalue weighted by Gasteiger charge is 2.99. The molecule has 1 heterocycles. The molecule has 0 N–H and O–H groups in total. The Morgan fingerprint density at radius 1 is 0.667 bits per heavy atom. The van der Waals surface area contributed by atoms with Gasteiger partial charge < -0.3 is 4.52 Å². The SMILES string of the molecule is CCOP1OC(C(F)(F)F)(C(F)(F)F)C(C(F)(F)F)(C(F)(F)F)O1. The minimum absolute atomic E-state index is 0.872. The molecular formula is C8H5F12O3P. The first-order valence-electron chi connectivity index (χ1n) is 5.47. The van der Waals surface area contributed by atoms with Gasteiger partial charge in [-0.25, -0.2) is 0 Å². The highest BCUT2D eigenvalue weighted by molar-refractivity contribution is 7.42. The van der Waals surface area contributed by atoms with E-state index in [2.05, 4.69) is 13.6 Å². The third kappa shape index (κ3) is 2.72. The van der Waals surface area contributed by atoms with E-state index in [1.165, 1.54) is 0 Å². The zero-order valence-corrected chi connectivity index (χ0v) is 11.8. The third-order valence-corrected chi connectivity index (χ3v) is 4.06. The monoisotopic (exact) mass is 408 g/mol. The molecule has 1 aliphatic rings. The van der Waals surface area contributed by atoms with Crippen LogP contribution < -0.4 is 0 Å². The molecule has 0 atom stereocenters. The van der Waals surface area contributed by atoms with Gasteiger partial charge in [0.2, 0.25) is 0 Å². The summed E-state index contributed by atoms with van der Waals surface area (Å²) in [6, 6.07) is 0. The van der Waals surface area contributed by atoms with Crippen LogP contribution >= 0.6 is 8.60 Å². The van der Waals surface area contributed by atoms with Crippen LogP contribution in [0.15, 0.2) is 0 Å². The average Bonchev–Trinajstić information content (AvgIpc) is 2.64. The van der Waals surface area contributed by atoms with Gasteiger partial charge in [0.15, 0.2) is 0 Å². The summed E-state index contributed by atoms with van der Waals surface area (Å²) in [7, 11) is -4.26. The summed E-state index contributed by atoms with van der Waals surface area (Å²) in [5.74, 6) is 0. The first kappa shape index (κ1) is 21.5. The maximum Gasteiger partial charge on any atom is 0.430 e. The Hall–Kier alpha value is -0.530. The van der Waals surface area contributed by atoms with Crippen LogP contribution in [0.4, 0.5) is 52.7 Å². The Morgan fingerprint density at radius 3 is 1.08 bits per heavy atom. The van der Waals surface area contributed by atoms with E-state index in [4.69, 9.17) is 0 Å². The summed E-state index contributed by atoms with van der Waals surface area (Å²) in [5.41, 5.74) is -13.5. The van der Waals surface area contributed by atoms with Gasteiger partial charge in [-0.15, -0.1) is 0 Å². The predicted octanol–water partition coefficient (Wildman–Crippen LogP) is 5.02. The number of hydrogen-bond acceptors (Lipinski definition) is 3. The van der Waals surface area contributed by atoms with Gasteiger partial charge in [0.25, 0.3) is 0 Å². The van der Waals surface area contributed by atoms with Crippen molar-refractivity contribution < 1.29 is 66.3 Å². The summed E-state index contributed by atoms with van der Waals surface area (Å²) in [6.07, 6.45) is -28.8. The van der Waals surface area contributed by atoms with Gasteiger partial charge in [0.1, 0.15) is 0 Å². The quantitative estimate of drug-likeness (QED) is 0.475. The number of halogens is 12. The van der Waals surface area contributed by atoms with Crippen LogP contribution in [-0.4, -0.2) is 42.5 Å². The minimum atomic E-state index is -7.19. The number of rotatable bonds is 2. The molecular weight excluding hydrogens is 403 g/mol. The van der Waals surface area contributed by atoms with Gasteiger partial charge >= 0.3 is 44.5 Å². The van der Waals surface area contributed by atoms with Crippen molar-refractivity contribution in [3.8, 4) is 0 Å². The zero-order chi connectivity index (χ0) is 19.4. The molecule has 0 aromatic rings. The van der Waals surface area contributed by atoms with Crippen LogP contribution in [0.5, 0.6) is 0 Å². The lowest BCUT2D eigenvalue weighted by Gasteiger charge is -2.44. The smallest absolute Gasteiger partial charge is 0.313 e. The second-order valence-electron chi connectivity index (χ2n) is 4.18. The second-order valence-corrected chi connectivity index (χ2v) is 5.25. The Kier molecular flexibility index (Phi) is 5.15. The Bertz CT molecular complexity index is 395. The normalized spacial score (nSPS) is 22.9. The summed E-state index contributed by atoms with van der Waals surface area (Å²) in [4.78, 5) is 0. The molecule has 0 saturated carbocycles. The third-order valence-electron chi connectivity index (χ3n) is 2.75. The van der Waals surface area contributed by atoms with Crippen molar-refractivity contribution in [1.82, 2.24) is 0 Å².